The Balaban J connectivity index is 2.40. The third-order valence-electron chi connectivity index (χ3n) is 2.41. The van der Waals surface area contributed by atoms with Gasteiger partial charge in [0.25, 0.3) is 0 Å². The van der Waals surface area contributed by atoms with Crippen molar-refractivity contribution in [1.29, 1.82) is 0 Å². The van der Waals surface area contributed by atoms with Gasteiger partial charge in [-0.1, -0.05) is 0 Å². The molecule has 1 aliphatic heterocycles. The molecule has 0 aliphatic carbocycles. The first-order valence-corrected chi connectivity index (χ1v) is 5.37. The second kappa shape index (κ2) is 4.08. The first-order chi connectivity index (χ1) is 7.13. The Hall–Kier alpha value is -0.650. The summed E-state index contributed by atoms with van der Waals surface area (Å²) in [5.41, 5.74) is 3.57. The fourth-order valence-electron chi connectivity index (χ4n) is 1.70. The topological polar surface area (TPSA) is 30.5 Å². The zero-order chi connectivity index (χ0) is 11.0. The van der Waals surface area contributed by atoms with Crippen LogP contribution in [0.1, 0.15) is 18.5 Å². The van der Waals surface area contributed by atoms with Crippen LogP contribution in [0.25, 0.3) is 0 Å². The average molecular weight is 276 g/mol. The van der Waals surface area contributed by atoms with Crippen molar-refractivity contribution in [2.24, 2.45) is 0 Å². The number of rotatable bonds is 2. The molecule has 2 atom stereocenters. The zero-order valence-electron chi connectivity index (χ0n) is 8.38. The smallest absolute Gasteiger partial charge is 0.137 e. The van der Waals surface area contributed by atoms with Crippen LogP contribution in [0.4, 0.5) is 4.39 Å². The third kappa shape index (κ3) is 1.87. The van der Waals surface area contributed by atoms with E-state index in [1.807, 2.05) is 6.92 Å². The van der Waals surface area contributed by atoms with Crippen molar-refractivity contribution in [3.63, 3.8) is 0 Å². The van der Waals surface area contributed by atoms with Gasteiger partial charge in [-0.05, 0) is 35.0 Å². The fourth-order valence-corrected chi connectivity index (χ4v) is 2.02. The normalized spacial score (nSPS) is 23.7. The minimum atomic E-state index is -0.297. The third-order valence-corrected chi connectivity index (χ3v) is 3.02. The number of halogens is 2. The van der Waals surface area contributed by atoms with Gasteiger partial charge >= 0.3 is 0 Å². The Kier molecular flexibility index (Phi) is 2.95. The van der Waals surface area contributed by atoms with Crippen molar-refractivity contribution in [2.75, 3.05) is 7.11 Å². The van der Waals surface area contributed by atoms with Gasteiger partial charge in [0.2, 0.25) is 0 Å². The number of fused-ring (bicyclic) bond motifs is 1. The molecule has 0 bridgehead atoms. The second-order valence-electron chi connectivity index (χ2n) is 3.43. The Bertz CT molecular complexity index is 386. The van der Waals surface area contributed by atoms with Crippen LogP contribution in [0, 0.1) is 5.82 Å². The monoisotopic (exact) mass is 275 g/mol. The Morgan fingerprint density at radius 2 is 2.27 bits per heavy atom. The van der Waals surface area contributed by atoms with Crippen LogP contribution >= 0.6 is 15.9 Å². The Morgan fingerprint density at radius 3 is 2.93 bits per heavy atom. The Morgan fingerprint density at radius 1 is 1.53 bits per heavy atom. The average Bonchev–Trinajstić information content (AvgIpc) is 2.46. The maximum absolute atomic E-state index is 13.3. The van der Waals surface area contributed by atoms with E-state index in [1.165, 1.54) is 13.2 Å². The molecule has 2 unspecified atom stereocenters. The number of hydroxylamine groups is 1. The van der Waals surface area contributed by atoms with E-state index in [0.29, 0.717) is 10.2 Å². The second-order valence-corrected chi connectivity index (χ2v) is 4.28. The summed E-state index contributed by atoms with van der Waals surface area (Å²) in [6, 6.07) is 2.96. The molecule has 1 heterocycles. The SMILES string of the molecule is CONC1c2cc(F)c(Br)cc2OC1C. The molecule has 15 heavy (non-hydrogen) atoms. The molecule has 1 aromatic rings. The van der Waals surface area contributed by atoms with Gasteiger partial charge in [0.1, 0.15) is 17.7 Å². The molecule has 0 spiro atoms. The maximum atomic E-state index is 13.3. The first-order valence-electron chi connectivity index (χ1n) is 4.57. The summed E-state index contributed by atoms with van der Waals surface area (Å²) in [6.45, 7) is 1.91. The zero-order valence-corrected chi connectivity index (χ0v) is 9.97. The Labute approximate surface area is 95.6 Å². The van der Waals surface area contributed by atoms with Gasteiger partial charge in [0, 0.05) is 5.56 Å². The standard InChI is InChI=1S/C10H11BrFNO2/c1-5-10(13-14-2)6-3-8(12)7(11)4-9(6)15-5/h3-5,10,13H,1-2H3. The highest BCUT2D eigenvalue weighted by atomic mass is 79.9. The fraction of sp³-hybridized carbons (Fsp3) is 0.400. The van der Waals surface area contributed by atoms with E-state index < -0.39 is 0 Å². The van der Waals surface area contributed by atoms with Crippen LogP contribution in [-0.4, -0.2) is 13.2 Å². The summed E-state index contributed by atoms with van der Waals surface area (Å²) in [7, 11) is 1.53. The molecule has 0 amide bonds. The van der Waals surface area contributed by atoms with E-state index >= 15 is 0 Å². The first kappa shape index (κ1) is 10.9. The summed E-state index contributed by atoms with van der Waals surface area (Å²) in [4.78, 5) is 4.86. The van der Waals surface area contributed by atoms with Crippen molar-refractivity contribution < 1.29 is 14.0 Å². The van der Waals surface area contributed by atoms with E-state index in [1.54, 1.807) is 6.07 Å². The van der Waals surface area contributed by atoms with E-state index in [9.17, 15) is 4.39 Å². The van der Waals surface area contributed by atoms with Gasteiger partial charge in [-0.25, -0.2) is 4.39 Å². The lowest BCUT2D eigenvalue weighted by molar-refractivity contribution is 0.0339. The van der Waals surface area contributed by atoms with E-state index in [2.05, 4.69) is 21.4 Å². The van der Waals surface area contributed by atoms with Gasteiger partial charge in [0.05, 0.1) is 17.6 Å². The number of hydrogen-bond donors (Lipinski definition) is 1. The van der Waals surface area contributed by atoms with E-state index in [4.69, 9.17) is 9.57 Å². The van der Waals surface area contributed by atoms with Crippen LogP contribution in [-0.2, 0) is 4.84 Å². The molecule has 1 aromatic carbocycles. The molecule has 0 saturated carbocycles. The van der Waals surface area contributed by atoms with Crippen LogP contribution in [0.15, 0.2) is 16.6 Å². The molecular formula is C10H11BrFNO2. The predicted octanol–water partition coefficient (Wildman–Crippen LogP) is 2.56. The largest absolute Gasteiger partial charge is 0.488 e. The molecule has 0 fully saturated rings. The van der Waals surface area contributed by atoms with Crippen molar-refractivity contribution in [3.8, 4) is 5.75 Å². The minimum absolute atomic E-state index is 0.0753. The quantitative estimate of drug-likeness (QED) is 0.842. The van der Waals surface area contributed by atoms with E-state index in [-0.39, 0.29) is 18.0 Å². The van der Waals surface area contributed by atoms with E-state index in [0.717, 1.165) is 5.56 Å². The number of benzene rings is 1. The molecular weight excluding hydrogens is 265 g/mol. The van der Waals surface area contributed by atoms with Gasteiger partial charge in [-0.3, -0.25) is 0 Å². The van der Waals surface area contributed by atoms with Crippen LogP contribution < -0.4 is 10.2 Å². The summed E-state index contributed by atoms with van der Waals surface area (Å²) >= 11 is 3.12. The maximum Gasteiger partial charge on any atom is 0.137 e. The summed E-state index contributed by atoms with van der Waals surface area (Å²) < 4.78 is 19.3. The number of hydrogen-bond acceptors (Lipinski definition) is 3. The molecule has 0 aromatic heterocycles. The van der Waals surface area contributed by atoms with Crippen molar-refractivity contribution in [1.82, 2.24) is 5.48 Å². The van der Waals surface area contributed by atoms with Gasteiger partial charge < -0.3 is 9.57 Å². The highest BCUT2D eigenvalue weighted by Gasteiger charge is 2.32. The summed E-state index contributed by atoms with van der Waals surface area (Å²) in [5.74, 6) is 0.389. The summed E-state index contributed by atoms with van der Waals surface area (Å²) in [5, 5.41) is 0. The molecule has 0 radical (unpaired) electrons. The van der Waals surface area contributed by atoms with Crippen molar-refractivity contribution in [2.45, 2.75) is 19.1 Å². The predicted molar refractivity (Wildman–Crippen MR) is 57.1 cm³/mol. The van der Waals surface area contributed by atoms with Gasteiger partial charge in [-0.15, -0.1) is 0 Å². The molecule has 3 nitrogen and oxygen atoms in total. The van der Waals surface area contributed by atoms with Crippen molar-refractivity contribution >= 4 is 15.9 Å². The molecule has 1 N–H and O–H groups in total. The highest BCUT2D eigenvalue weighted by molar-refractivity contribution is 9.10. The van der Waals surface area contributed by atoms with Gasteiger partial charge in [0.15, 0.2) is 0 Å². The number of ether oxygens (including phenoxy) is 1. The van der Waals surface area contributed by atoms with Crippen LogP contribution in [0.2, 0.25) is 0 Å². The van der Waals surface area contributed by atoms with Crippen LogP contribution in [0.5, 0.6) is 5.75 Å². The highest BCUT2D eigenvalue weighted by Crippen LogP contribution is 2.39. The van der Waals surface area contributed by atoms with Crippen LogP contribution in [0.3, 0.4) is 0 Å². The minimum Gasteiger partial charge on any atom is -0.488 e. The molecule has 0 saturated heterocycles. The number of nitrogens with one attached hydrogen (secondary N) is 1. The lowest BCUT2D eigenvalue weighted by Gasteiger charge is -2.14. The molecule has 1 aliphatic rings. The van der Waals surface area contributed by atoms with Gasteiger partial charge in [-0.2, -0.15) is 5.48 Å². The molecule has 2 rings (SSSR count). The molecule has 82 valence electrons. The molecule has 5 heteroatoms. The summed E-state index contributed by atoms with van der Waals surface area (Å²) in [6.07, 6.45) is -0.0753. The van der Waals surface area contributed by atoms with Crippen molar-refractivity contribution in [3.05, 3.63) is 28.0 Å². The lowest BCUT2D eigenvalue weighted by Crippen LogP contribution is -2.27. The lowest BCUT2D eigenvalue weighted by atomic mass is 10.1.